The van der Waals surface area contributed by atoms with Crippen molar-refractivity contribution in [3.63, 3.8) is 0 Å². The van der Waals surface area contributed by atoms with Gasteiger partial charge in [-0.3, -0.25) is 9.79 Å². The number of guanidine groups is 1. The highest BCUT2D eigenvalue weighted by atomic mass is 127. The number of hydrogen-bond acceptors (Lipinski definition) is 4. The molecule has 1 fully saturated rings. The van der Waals surface area contributed by atoms with E-state index >= 15 is 0 Å². The summed E-state index contributed by atoms with van der Waals surface area (Å²) >= 11 is 0. The van der Waals surface area contributed by atoms with Crippen molar-refractivity contribution in [2.24, 2.45) is 10.7 Å². The highest BCUT2D eigenvalue weighted by Crippen LogP contribution is 2.29. The maximum atomic E-state index is 11.9. The lowest BCUT2D eigenvalue weighted by atomic mass is 9.95. The molecule has 0 aromatic heterocycles. The van der Waals surface area contributed by atoms with Crippen LogP contribution in [0.1, 0.15) is 38.5 Å². The molecule has 2 rings (SSSR count). The number of nitrogens with one attached hydrogen (secondary N) is 2. The van der Waals surface area contributed by atoms with Crippen molar-refractivity contribution in [1.29, 1.82) is 0 Å². The highest BCUT2D eigenvalue weighted by molar-refractivity contribution is 14.0. The highest BCUT2D eigenvalue weighted by Gasteiger charge is 2.15. The Morgan fingerprint density at radius 1 is 1.19 bits per heavy atom. The lowest BCUT2D eigenvalue weighted by Gasteiger charge is -2.22. The van der Waals surface area contributed by atoms with E-state index < -0.39 is 0 Å². The number of benzene rings is 1. The first-order valence-electron chi connectivity index (χ1n) is 8.70. The van der Waals surface area contributed by atoms with Gasteiger partial charge in [0.2, 0.25) is 5.91 Å². The summed E-state index contributed by atoms with van der Waals surface area (Å²) in [6.45, 7) is 0.352. The van der Waals surface area contributed by atoms with Crippen LogP contribution in [-0.2, 0) is 4.79 Å². The number of anilines is 1. The molecule has 0 radical (unpaired) electrons. The Morgan fingerprint density at radius 2 is 1.88 bits per heavy atom. The molecule has 7 nitrogen and oxygen atoms in total. The summed E-state index contributed by atoms with van der Waals surface area (Å²) in [7, 11) is 3.16. The van der Waals surface area contributed by atoms with Gasteiger partial charge in [-0.1, -0.05) is 19.3 Å². The zero-order valence-electron chi connectivity index (χ0n) is 15.4. The average molecular weight is 476 g/mol. The van der Waals surface area contributed by atoms with Gasteiger partial charge < -0.3 is 25.8 Å². The molecule has 0 bridgehead atoms. The Labute approximate surface area is 172 Å². The quantitative estimate of drug-likeness (QED) is 0.320. The Bertz CT molecular complexity index is 604. The fraction of sp³-hybridized carbons (Fsp3) is 0.556. The van der Waals surface area contributed by atoms with Gasteiger partial charge in [-0.2, -0.15) is 0 Å². The first kappa shape index (κ1) is 22.3. The molecule has 4 N–H and O–H groups in total. The van der Waals surface area contributed by atoms with Crippen molar-refractivity contribution in [3.05, 3.63) is 18.2 Å². The van der Waals surface area contributed by atoms with Crippen molar-refractivity contribution in [1.82, 2.24) is 5.32 Å². The first-order valence-corrected chi connectivity index (χ1v) is 8.70. The van der Waals surface area contributed by atoms with Crippen molar-refractivity contribution >= 4 is 41.5 Å². The van der Waals surface area contributed by atoms with Gasteiger partial charge in [0.15, 0.2) is 17.5 Å². The second-order valence-electron chi connectivity index (χ2n) is 6.11. The van der Waals surface area contributed by atoms with Gasteiger partial charge in [-0.25, -0.2) is 0 Å². The van der Waals surface area contributed by atoms with E-state index in [1.165, 1.54) is 19.3 Å². The molecule has 1 aliphatic rings. The van der Waals surface area contributed by atoms with Crippen LogP contribution in [0.25, 0.3) is 0 Å². The number of aliphatic imine (C=N–C) groups is 1. The first-order chi connectivity index (χ1) is 12.1. The molecule has 1 amide bonds. The maximum Gasteiger partial charge on any atom is 0.222 e. The minimum Gasteiger partial charge on any atom is -0.493 e. The molecule has 0 saturated heterocycles. The summed E-state index contributed by atoms with van der Waals surface area (Å²) in [4.78, 5) is 16.1. The molecule has 0 spiro atoms. The minimum atomic E-state index is 0. The van der Waals surface area contributed by atoms with Gasteiger partial charge >= 0.3 is 0 Å². The summed E-state index contributed by atoms with van der Waals surface area (Å²) in [5.41, 5.74) is 6.61. The molecule has 8 heteroatoms. The molecule has 1 saturated carbocycles. The van der Waals surface area contributed by atoms with Gasteiger partial charge in [-0.05, 0) is 25.0 Å². The average Bonchev–Trinajstić information content (AvgIpc) is 2.62. The maximum absolute atomic E-state index is 11.9. The number of amides is 1. The lowest BCUT2D eigenvalue weighted by Crippen LogP contribution is -2.36. The monoisotopic (exact) mass is 476 g/mol. The molecule has 1 aromatic rings. The SMILES string of the molecule is COc1ccc(NC(N)=NCCC(=O)NC2CCCCC2)cc1OC.I. The van der Waals surface area contributed by atoms with Crippen molar-refractivity contribution in [2.45, 2.75) is 44.6 Å². The lowest BCUT2D eigenvalue weighted by molar-refractivity contribution is -0.121. The predicted octanol–water partition coefficient (Wildman–Crippen LogP) is 2.89. The smallest absolute Gasteiger partial charge is 0.222 e. The summed E-state index contributed by atoms with van der Waals surface area (Å²) in [6, 6.07) is 5.70. The fourth-order valence-corrected chi connectivity index (χ4v) is 2.93. The van der Waals surface area contributed by atoms with E-state index in [2.05, 4.69) is 15.6 Å². The molecule has 1 aliphatic carbocycles. The van der Waals surface area contributed by atoms with E-state index in [1.807, 2.05) is 6.07 Å². The third-order valence-corrected chi connectivity index (χ3v) is 4.25. The van der Waals surface area contributed by atoms with Crippen LogP contribution in [-0.4, -0.2) is 38.7 Å². The van der Waals surface area contributed by atoms with Gasteiger partial charge in [0, 0.05) is 24.2 Å². The van der Waals surface area contributed by atoms with Crippen molar-refractivity contribution < 1.29 is 14.3 Å². The molecule has 1 aromatic carbocycles. The molecule has 0 heterocycles. The van der Waals surface area contributed by atoms with Crippen LogP contribution < -0.4 is 25.8 Å². The Hall–Kier alpha value is -1.71. The number of hydrogen-bond donors (Lipinski definition) is 3. The Balaban J connectivity index is 0.00000338. The third-order valence-electron chi connectivity index (χ3n) is 4.25. The number of ether oxygens (including phenoxy) is 2. The zero-order valence-corrected chi connectivity index (χ0v) is 17.7. The zero-order chi connectivity index (χ0) is 18.1. The predicted molar refractivity (Wildman–Crippen MR) is 115 cm³/mol. The number of carbonyl (C=O) groups is 1. The molecular weight excluding hydrogens is 447 g/mol. The van der Waals surface area contributed by atoms with Gasteiger partial charge in [-0.15, -0.1) is 24.0 Å². The molecule has 0 aliphatic heterocycles. The van der Waals surface area contributed by atoms with Crippen LogP contribution in [0, 0.1) is 0 Å². The summed E-state index contributed by atoms with van der Waals surface area (Å²) < 4.78 is 10.4. The Kier molecular flexibility index (Phi) is 10.2. The van der Waals surface area contributed by atoms with Gasteiger partial charge in [0.05, 0.1) is 20.8 Å². The number of carbonyl (C=O) groups excluding carboxylic acids is 1. The van der Waals surface area contributed by atoms with E-state index in [0.29, 0.717) is 30.5 Å². The molecular formula is C18H29IN4O3. The fourth-order valence-electron chi connectivity index (χ4n) is 2.93. The molecule has 0 atom stereocenters. The number of methoxy groups -OCH3 is 2. The number of halogens is 1. The third kappa shape index (κ3) is 7.27. The van der Waals surface area contributed by atoms with E-state index in [4.69, 9.17) is 15.2 Å². The van der Waals surface area contributed by atoms with E-state index in [-0.39, 0.29) is 35.8 Å². The summed E-state index contributed by atoms with van der Waals surface area (Å²) in [6.07, 6.45) is 6.17. The van der Waals surface area contributed by atoms with Crippen LogP contribution in [0.15, 0.2) is 23.2 Å². The van der Waals surface area contributed by atoms with E-state index in [1.54, 1.807) is 26.4 Å². The normalized spacial score (nSPS) is 14.9. The standard InChI is InChI=1S/C18H28N4O3.HI/c1-24-15-9-8-14(12-16(15)25-2)22-18(19)20-11-10-17(23)21-13-6-4-3-5-7-13;/h8-9,12-13H,3-7,10-11H2,1-2H3,(H,21,23)(H3,19,20,22);1H. The topological polar surface area (TPSA) is 98.0 Å². The van der Waals surface area contributed by atoms with Gasteiger partial charge in [0.1, 0.15) is 0 Å². The van der Waals surface area contributed by atoms with E-state index in [9.17, 15) is 4.79 Å². The molecule has 26 heavy (non-hydrogen) atoms. The van der Waals surface area contributed by atoms with Crippen LogP contribution in [0.3, 0.4) is 0 Å². The van der Waals surface area contributed by atoms with Crippen LogP contribution in [0.4, 0.5) is 5.69 Å². The summed E-state index contributed by atoms with van der Waals surface area (Å²) in [5, 5.41) is 6.05. The molecule has 0 unspecified atom stereocenters. The van der Waals surface area contributed by atoms with Crippen molar-refractivity contribution in [3.8, 4) is 11.5 Å². The van der Waals surface area contributed by atoms with Crippen LogP contribution in [0.5, 0.6) is 11.5 Å². The minimum absolute atomic E-state index is 0. The van der Waals surface area contributed by atoms with E-state index in [0.717, 1.165) is 18.5 Å². The largest absolute Gasteiger partial charge is 0.493 e. The second-order valence-corrected chi connectivity index (χ2v) is 6.11. The molecule has 146 valence electrons. The Morgan fingerprint density at radius 3 is 2.54 bits per heavy atom. The number of nitrogens with zero attached hydrogens (tertiary/aromatic N) is 1. The van der Waals surface area contributed by atoms with Crippen LogP contribution >= 0.6 is 24.0 Å². The second kappa shape index (κ2) is 11.8. The van der Waals surface area contributed by atoms with Crippen LogP contribution in [0.2, 0.25) is 0 Å². The van der Waals surface area contributed by atoms with Crippen molar-refractivity contribution in [2.75, 3.05) is 26.1 Å². The number of nitrogens with two attached hydrogens (primary N) is 1. The van der Waals surface area contributed by atoms with Gasteiger partial charge in [0.25, 0.3) is 0 Å². The number of rotatable bonds is 7. The summed E-state index contributed by atoms with van der Waals surface area (Å²) in [5.74, 6) is 1.54.